The molecule has 0 spiro atoms. The van der Waals surface area contributed by atoms with Crippen molar-refractivity contribution in [3.63, 3.8) is 0 Å². The summed E-state index contributed by atoms with van der Waals surface area (Å²) in [6.07, 6.45) is 0. The zero-order chi connectivity index (χ0) is 36.2. The fourth-order valence-corrected chi connectivity index (χ4v) is 5.54. The summed E-state index contributed by atoms with van der Waals surface area (Å²) in [6, 6.07) is 0.405. The number of benzene rings is 1. The van der Waals surface area contributed by atoms with Crippen LogP contribution in [-0.2, 0) is 60.8 Å². The Labute approximate surface area is 278 Å². The van der Waals surface area contributed by atoms with E-state index in [1.165, 1.54) is 24.3 Å². The highest BCUT2D eigenvalue weighted by molar-refractivity contribution is 7.84. The number of amides is 4. The zero-order valence-electron chi connectivity index (χ0n) is 24.0. The van der Waals surface area contributed by atoms with E-state index in [1.807, 2.05) is 5.32 Å². The second kappa shape index (κ2) is 14.5. The predicted octanol–water partition coefficient (Wildman–Crippen LogP) is -1.11. The third kappa shape index (κ3) is 9.38. The smallest absolute Gasteiger partial charge is 0.363 e. The molecule has 0 aliphatic carbocycles. The average Bonchev–Trinajstić information content (AvgIpc) is 3.43. The number of non-ortho nitro benzene ring substituents is 1. The second-order valence-corrected chi connectivity index (χ2v) is 13.3. The molecule has 1 fully saturated rings. The van der Waals surface area contributed by atoms with Crippen LogP contribution < -0.4 is 15.4 Å². The first-order valence-electron chi connectivity index (χ1n) is 12.5. The average molecular weight is 756 g/mol. The number of β-lactam (4-membered cyclic amide) rings is 1. The highest BCUT2D eigenvalue weighted by Gasteiger charge is 2.58. The van der Waals surface area contributed by atoms with E-state index in [-0.39, 0.29) is 23.1 Å². The van der Waals surface area contributed by atoms with Gasteiger partial charge in [-0.15, -0.1) is 22.9 Å². The number of nitro groups is 1. The first-order chi connectivity index (χ1) is 22.1. The summed E-state index contributed by atoms with van der Waals surface area (Å²) in [5.41, 5.74) is -3.04. The van der Waals surface area contributed by atoms with Crippen LogP contribution in [0.5, 0.6) is 0 Å². The normalized spacial score (nSPS) is 16.7. The van der Waals surface area contributed by atoms with E-state index < -0.39 is 88.7 Å². The van der Waals surface area contributed by atoms with Crippen molar-refractivity contribution in [2.24, 2.45) is 5.16 Å². The van der Waals surface area contributed by atoms with Gasteiger partial charge in [0.25, 0.3) is 23.4 Å². The number of aromatic nitrogens is 1. The van der Waals surface area contributed by atoms with Crippen molar-refractivity contribution in [3.05, 3.63) is 51.0 Å². The molecular weight excluding hydrogens is 734 g/mol. The van der Waals surface area contributed by atoms with Crippen LogP contribution in [-0.4, -0.2) is 99.0 Å². The Hall–Kier alpha value is -4.82. The van der Waals surface area contributed by atoms with E-state index in [9.17, 15) is 55.5 Å². The standard InChI is InChI=1S/C22H22ClN7O15S3/c1-22(2,20(35)44-8-10-3-5-11(6-4-10)30(36)37)45-27-14(12-9-46-21(24-12)25-13(31)7-23)17(32)26-15-16(18(33)28-47(38,39)40)29(19(15)34)48(41,42)43/h3-6,9,15-16H,7-8H2,1-2H3,(H,26,32)(H,28,33)(H,24,25,31)(H,38,39,40)(H,41,42,43)/t15-,16-/m1/s1. The molecule has 48 heavy (non-hydrogen) atoms. The lowest BCUT2D eigenvalue weighted by Crippen LogP contribution is -2.76. The van der Waals surface area contributed by atoms with E-state index >= 15 is 0 Å². The van der Waals surface area contributed by atoms with Gasteiger partial charge >= 0.3 is 26.6 Å². The van der Waals surface area contributed by atoms with Crippen LogP contribution in [0.25, 0.3) is 0 Å². The van der Waals surface area contributed by atoms with Crippen LogP contribution >= 0.6 is 22.9 Å². The maximum Gasteiger partial charge on any atom is 0.363 e. The number of anilines is 1. The van der Waals surface area contributed by atoms with Crippen molar-refractivity contribution in [2.45, 2.75) is 38.1 Å². The minimum atomic E-state index is -5.49. The molecule has 1 aromatic heterocycles. The number of oxime groups is 1. The lowest BCUT2D eigenvalue weighted by molar-refractivity contribution is -0.384. The van der Waals surface area contributed by atoms with Gasteiger partial charge in [0.1, 0.15) is 24.2 Å². The number of thiazole rings is 1. The molecule has 3 rings (SSSR count). The van der Waals surface area contributed by atoms with Crippen LogP contribution in [0, 0.1) is 10.1 Å². The molecule has 0 radical (unpaired) electrons. The van der Waals surface area contributed by atoms with Crippen LogP contribution in [0.1, 0.15) is 25.1 Å². The number of nitrogens with zero attached hydrogens (tertiary/aromatic N) is 4. The van der Waals surface area contributed by atoms with Crippen LogP contribution in [0.3, 0.4) is 0 Å². The molecule has 0 unspecified atom stereocenters. The van der Waals surface area contributed by atoms with Crippen molar-refractivity contribution in [1.82, 2.24) is 19.3 Å². The summed E-state index contributed by atoms with van der Waals surface area (Å²) in [6.45, 7) is 1.95. The van der Waals surface area contributed by atoms with Crippen molar-refractivity contribution in [2.75, 3.05) is 11.2 Å². The molecule has 22 nitrogen and oxygen atoms in total. The summed E-state index contributed by atoms with van der Waals surface area (Å²) >= 11 is 6.20. The fraction of sp³-hybridized carbons (Fsp3) is 0.318. The molecule has 260 valence electrons. The molecular formula is C22H22ClN7O15S3. The molecule has 1 saturated heterocycles. The lowest BCUT2D eigenvalue weighted by atomic mass is 9.98. The van der Waals surface area contributed by atoms with Gasteiger partial charge in [-0.1, -0.05) is 5.16 Å². The largest absolute Gasteiger partial charge is 0.458 e. The monoisotopic (exact) mass is 755 g/mol. The van der Waals surface area contributed by atoms with E-state index in [0.717, 1.165) is 35.3 Å². The number of nitrogens with one attached hydrogen (secondary N) is 3. The molecule has 5 N–H and O–H groups in total. The summed E-state index contributed by atoms with van der Waals surface area (Å²) in [5.74, 6) is -7.15. The molecule has 26 heteroatoms. The second-order valence-electron chi connectivity index (χ2n) is 9.71. The Morgan fingerprint density at radius 2 is 1.79 bits per heavy atom. The van der Waals surface area contributed by atoms with Crippen molar-refractivity contribution < 1.29 is 64.4 Å². The summed E-state index contributed by atoms with van der Waals surface area (Å²) in [5, 5.41) is 19.7. The molecule has 1 aliphatic rings. The van der Waals surface area contributed by atoms with Crippen molar-refractivity contribution >= 4 is 89.7 Å². The fourth-order valence-electron chi connectivity index (χ4n) is 3.55. The highest BCUT2D eigenvalue weighted by Crippen LogP contribution is 2.25. The van der Waals surface area contributed by atoms with Gasteiger partial charge in [0.15, 0.2) is 16.9 Å². The number of hydrogen-bond donors (Lipinski definition) is 5. The minimum absolute atomic E-state index is 0.124. The van der Waals surface area contributed by atoms with Crippen LogP contribution in [0.2, 0.25) is 0 Å². The van der Waals surface area contributed by atoms with Gasteiger partial charge in [-0.05, 0) is 31.5 Å². The Morgan fingerprint density at radius 1 is 1.17 bits per heavy atom. The number of hydrogen-bond acceptors (Lipinski definition) is 16. The lowest BCUT2D eigenvalue weighted by Gasteiger charge is -2.42. The van der Waals surface area contributed by atoms with Gasteiger partial charge in [-0.3, -0.25) is 38.4 Å². The van der Waals surface area contributed by atoms with E-state index in [1.54, 1.807) is 0 Å². The highest BCUT2D eigenvalue weighted by atomic mass is 35.5. The molecule has 2 heterocycles. The van der Waals surface area contributed by atoms with E-state index in [0.29, 0.717) is 5.56 Å². The van der Waals surface area contributed by atoms with Gasteiger partial charge in [0.2, 0.25) is 11.5 Å². The van der Waals surface area contributed by atoms with Crippen molar-refractivity contribution in [3.8, 4) is 0 Å². The SMILES string of the molecule is CC(C)(ON=C(C(=O)N[C@H]1C(=O)N(S(=O)(=O)O)[C@H]1C(=O)NS(=O)(=O)O)c1csc(NC(=O)CCl)n1)C(=O)OCc1ccc([N+](=O)[O-])cc1. The van der Waals surface area contributed by atoms with Crippen LogP contribution in [0.4, 0.5) is 10.8 Å². The zero-order valence-corrected chi connectivity index (χ0v) is 27.3. The maximum absolute atomic E-state index is 13.4. The molecule has 2 aromatic rings. The summed E-state index contributed by atoms with van der Waals surface area (Å²) < 4.78 is 69.5. The number of carbonyl (C=O) groups excluding carboxylic acids is 5. The third-order valence-electron chi connectivity index (χ3n) is 5.79. The molecule has 1 aromatic carbocycles. The van der Waals surface area contributed by atoms with Crippen molar-refractivity contribution in [1.29, 1.82) is 0 Å². The molecule has 1 aliphatic heterocycles. The summed E-state index contributed by atoms with van der Waals surface area (Å²) in [4.78, 5) is 82.1. The van der Waals surface area contributed by atoms with E-state index in [4.69, 9.17) is 25.7 Å². The topological polar surface area (TPSA) is 320 Å². The number of ether oxygens (including phenoxy) is 1. The number of halogens is 1. The first-order valence-corrected chi connectivity index (χ1v) is 16.8. The van der Waals surface area contributed by atoms with E-state index in [2.05, 4.69) is 15.5 Å². The number of esters is 1. The number of nitro benzene ring substituents is 1. The number of alkyl halides is 1. The summed E-state index contributed by atoms with van der Waals surface area (Å²) in [7, 11) is -10.8. The molecule has 0 bridgehead atoms. The molecule has 0 saturated carbocycles. The minimum Gasteiger partial charge on any atom is -0.458 e. The van der Waals surface area contributed by atoms with Crippen LogP contribution in [0.15, 0.2) is 34.8 Å². The van der Waals surface area contributed by atoms with Gasteiger partial charge in [-0.2, -0.15) is 21.1 Å². The Balaban J connectivity index is 1.89. The van der Waals surface area contributed by atoms with Gasteiger partial charge in [-0.25, -0.2) is 14.5 Å². The Kier molecular flexibility index (Phi) is 11.4. The maximum atomic E-state index is 13.4. The Bertz CT molecular complexity index is 1900. The van der Waals surface area contributed by atoms with Gasteiger partial charge in [0.05, 0.1) is 4.92 Å². The number of carbonyl (C=O) groups is 5. The molecule has 2 atom stereocenters. The Morgan fingerprint density at radius 3 is 2.33 bits per heavy atom. The number of rotatable bonds is 14. The van der Waals surface area contributed by atoms with Gasteiger partial charge < -0.3 is 20.2 Å². The first kappa shape index (κ1) is 37.6. The van der Waals surface area contributed by atoms with Gasteiger partial charge in [0, 0.05) is 17.5 Å². The predicted molar refractivity (Wildman–Crippen MR) is 160 cm³/mol. The quantitative estimate of drug-likeness (QED) is 0.0290. The molecule has 4 amide bonds. The third-order valence-corrected chi connectivity index (χ3v) is 8.15.